The van der Waals surface area contributed by atoms with Crippen LogP contribution in [0.25, 0.3) is 0 Å². The second-order valence-corrected chi connectivity index (χ2v) is 2.38. The lowest BCUT2D eigenvalue weighted by Gasteiger charge is -1.91. The predicted molar refractivity (Wildman–Crippen MR) is 43.0 cm³/mol. The molecule has 1 aromatic rings. The number of methoxy groups -OCH3 is 1. The highest BCUT2D eigenvalue weighted by atomic mass is 16.5. The molecule has 12 heavy (non-hydrogen) atoms. The molecule has 2 N–H and O–H groups in total. The molecule has 0 aliphatic carbocycles. The summed E-state index contributed by atoms with van der Waals surface area (Å²) in [4.78, 5) is 0. The van der Waals surface area contributed by atoms with Gasteiger partial charge in [0.15, 0.2) is 0 Å². The van der Waals surface area contributed by atoms with E-state index in [1.54, 1.807) is 14.2 Å². The molecule has 0 radical (unpaired) electrons. The molecular weight excluding hydrogens is 156 g/mol. The summed E-state index contributed by atoms with van der Waals surface area (Å²) in [5.41, 5.74) is 6.55. The van der Waals surface area contributed by atoms with Crippen LogP contribution in [0.5, 0.6) is 0 Å². The van der Waals surface area contributed by atoms with Crippen molar-refractivity contribution in [2.24, 2.45) is 7.05 Å². The number of nitriles is 1. The van der Waals surface area contributed by atoms with Crippen molar-refractivity contribution in [3.05, 3.63) is 11.3 Å². The normalized spacial score (nSPS) is 9.75. The Kier molecular flexibility index (Phi) is 2.31. The van der Waals surface area contributed by atoms with E-state index in [-0.39, 0.29) is 0 Å². The molecule has 0 saturated carbocycles. The van der Waals surface area contributed by atoms with Crippen LogP contribution < -0.4 is 5.73 Å². The van der Waals surface area contributed by atoms with E-state index in [2.05, 4.69) is 5.10 Å². The minimum atomic E-state index is 0.313. The second kappa shape index (κ2) is 3.24. The third kappa shape index (κ3) is 1.24. The molecule has 5 heteroatoms. The molecule has 1 heterocycles. The molecule has 64 valence electrons. The van der Waals surface area contributed by atoms with Gasteiger partial charge in [-0.2, -0.15) is 10.4 Å². The SMILES string of the molecule is COCc1nn(C)c(N)c1C#N. The van der Waals surface area contributed by atoms with Crippen molar-refractivity contribution < 1.29 is 4.74 Å². The van der Waals surface area contributed by atoms with Crippen molar-refractivity contribution in [3.8, 4) is 6.07 Å². The van der Waals surface area contributed by atoms with Crippen molar-refractivity contribution in [1.29, 1.82) is 5.26 Å². The fourth-order valence-electron chi connectivity index (χ4n) is 0.954. The van der Waals surface area contributed by atoms with Gasteiger partial charge in [0.2, 0.25) is 0 Å². The first-order valence-electron chi connectivity index (χ1n) is 3.41. The molecule has 0 unspecified atom stereocenters. The van der Waals surface area contributed by atoms with Gasteiger partial charge in [0.05, 0.1) is 6.61 Å². The van der Waals surface area contributed by atoms with Crippen LogP contribution >= 0.6 is 0 Å². The number of hydrogen-bond donors (Lipinski definition) is 1. The first-order valence-corrected chi connectivity index (χ1v) is 3.41. The summed E-state index contributed by atoms with van der Waals surface area (Å²) in [6.07, 6.45) is 0. The molecular formula is C7H10N4O. The summed E-state index contributed by atoms with van der Waals surface area (Å²) < 4.78 is 6.32. The third-order valence-corrected chi connectivity index (χ3v) is 1.56. The highest BCUT2D eigenvalue weighted by Crippen LogP contribution is 2.14. The standard InChI is InChI=1S/C7H10N4O/c1-11-7(9)5(3-8)6(10-11)4-12-2/h4,9H2,1-2H3. The first kappa shape index (κ1) is 8.56. The Bertz CT molecular complexity index is 323. The van der Waals surface area contributed by atoms with Gasteiger partial charge < -0.3 is 10.5 Å². The van der Waals surface area contributed by atoms with Gasteiger partial charge in [-0.15, -0.1) is 0 Å². The van der Waals surface area contributed by atoms with Gasteiger partial charge in [0, 0.05) is 14.2 Å². The van der Waals surface area contributed by atoms with E-state index < -0.39 is 0 Å². The average molecular weight is 166 g/mol. The lowest BCUT2D eigenvalue weighted by Crippen LogP contribution is -1.98. The summed E-state index contributed by atoms with van der Waals surface area (Å²) >= 11 is 0. The Morgan fingerprint density at radius 2 is 2.42 bits per heavy atom. The Labute approximate surface area is 70.3 Å². The Morgan fingerprint density at radius 1 is 1.75 bits per heavy atom. The van der Waals surface area contributed by atoms with Crippen LogP contribution in [0.15, 0.2) is 0 Å². The van der Waals surface area contributed by atoms with E-state index in [9.17, 15) is 0 Å². The topological polar surface area (TPSA) is 76.9 Å². The lowest BCUT2D eigenvalue weighted by molar-refractivity contribution is 0.180. The summed E-state index contributed by atoms with van der Waals surface area (Å²) in [5.74, 6) is 0.379. The van der Waals surface area contributed by atoms with Crippen molar-refractivity contribution in [2.75, 3.05) is 12.8 Å². The Balaban J connectivity index is 3.13. The number of nitrogen functional groups attached to an aromatic ring is 1. The maximum atomic E-state index is 8.70. The van der Waals surface area contributed by atoms with Crippen LogP contribution in [0.4, 0.5) is 5.82 Å². The van der Waals surface area contributed by atoms with Crippen LogP contribution in [-0.4, -0.2) is 16.9 Å². The van der Waals surface area contributed by atoms with Crippen LogP contribution in [-0.2, 0) is 18.4 Å². The van der Waals surface area contributed by atoms with Crippen molar-refractivity contribution in [3.63, 3.8) is 0 Å². The van der Waals surface area contributed by atoms with E-state index in [4.69, 9.17) is 15.7 Å². The number of nitrogens with zero attached hydrogens (tertiary/aromatic N) is 3. The number of hydrogen-bond acceptors (Lipinski definition) is 4. The maximum absolute atomic E-state index is 8.70. The Hall–Kier alpha value is -1.54. The molecule has 0 bridgehead atoms. The van der Waals surface area contributed by atoms with E-state index in [1.165, 1.54) is 4.68 Å². The number of ether oxygens (including phenoxy) is 1. The molecule has 0 fully saturated rings. The van der Waals surface area contributed by atoms with Crippen LogP contribution in [0.2, 0.25) is 0 Å². The minimum Gasteiger partial charge on any atom is -0.383 e. The molecule has 0 amide bonds. The molecule has 5 nitrogen and oxygen atoms in total. The molecule has 0 aromatic carbocycles. The number of nitrogens with two attached hydrogens (primary N) is 1. The molecule has 1 rings (SSSR count). The molecule has 0 spiro atoms. The van der Waals surface area contributed by atoms with Crippen LogP contribution in [0.1, 0.15) is 11.3 Å². The summed E-state index contributed by atoms with van der Waals surface area (Å²) in [6.45, 7) is 0.313. The van der Waals surface area contributed by atoms with Crippen molar-refractivity contribution in [1.82, 2.24) is 9.78 Å². The molecule has 0 saturated heterocycles. The number of aromatic nitrogens is 2. The van der Waals surface area contributed by atoms with Gasteiger partial charge in [-0.05, 0) is 0 Å². The molecule has 0 atom stereocenters. The van der Waals surface area contributed by atoms with Gasteiger partial charge in [-0.25, -0.2) is 0 Å². The lowest BCUT2D eigenvalue weighted by atomic mass is 10.2. The Morgan fingerprint density at radius 3 is 2.92 bits per heavy atom. The minimum absolute atomic E-state index is 0.313. The monoisotopic (exact) mass is 166 g/mol. The zero-order valence-electron chi connectivity index (χ0n) is 7.03. The summed E-state index contributed by atoms with van der Waals surface area (Å²) in [5, 5.41) is 12.7. The highest BCUT2D eigenvalue weighted by molar-refractivity contribution is 5.51. The van der Waals surface area contributed by atoms with Crippen molar-refractivity contribution in [2.45, 2.75) is 6.61 Å². The van der Waals surface area contributed by atoms with Crippen LogP contribution in [0, 0.1) is 11.3 Å². The fourth-order valence-corrected chi connectivity index (χ4v) is 0.954. The van der Waals surface area contributed by atoms with Crippen molar-refractivity contribution >= 4 is 5.82 Å². The first-order chi connectivity index (χ1) is 5.70. The van der Waals surface area contributed by atoms with E-state index >= 15 is 0 Å². The number of anilines is 1. The van der Waals surface area contributed by atoms with E-state index in [0.29, 0.717) is 23.7 Å². The highest BCUT2D eigenvalue weighted by Gasteiger charge is 2.12. The zero-order chi connectivity index (χ0) is 9.14. The van der Waals surface area contributed by atoms with Crippen LogP contribution in [0.3, 0.4) is 0 Å². The average Bonchev–Trinajstić information content (AvgIpc) is 2.29. The third-order valence-electron chi connectivity index (χ3n) is 1.56. The second-order valence-electron chi connectivity index (χ2n) is 2.38. The maximum Gasteiger partial charge on any atom is 0.139 e. The zero-order valence-corrected chi connectivity index (χ0v) is 7.03. The largest absolute Gasteiger partial charge is 0.383 e. The van der Waals surface area contributed by atoms with Gasteiger partial charge in [0.25, 0.3) is 0 Å². The van der Waals surface area contributed by atoms with Gasteiger partial charge in [-0.1, -0.05) is 0 Å². The quantitative estimate of drug-likeness (QED) is 0.671. The molecule has 0 aliphatic heterocycles. The van der Waals surface area contributed by atoms with E-state index in [1.807, 2.05) is 6.07 Å². The molecule has 0 aliphatic rings. The van der Waals surface area contributed by atoms with Gasteiger partial charge in [0.1, 0.15) is 23.1 Å². The summed E-state index contributed by atoms with van der Waals surface area (Å²) in [6, 6.07) is 1.98. The summed E-state index contributed by atoms with van der Waals surface area (Å²) in [7, 11) is 3.24. The van der Waals surface area contributed by atoms with E-state index in [0.717, 1.165) is 0 Å². The number of rotatable bonds is 2. The smallest absolute Gasteiger partial charge is 0.139 e. The molecule has 1 aromatic heterocycles. The number of aryl methyl sites for hydroxylation is 1. The van der Waals surface area contributed by atoms with Gasteiger partial charge >= 0.3 is 0 Å². The van der Waals surface area contributed by atoms with Gasteiger partial charge in [-0.3, -0.25) is 4.68 Å². The predicted octanol–water partition coefficient (Wildman–Crippen LogP) is 0.0204. The fraction of sp³-hybridized carbons (Fsp3) is 0.429.